The van der Waals surface area contributed by atoms with Crippen molar-refractivity contribution in [2.45, 2.75) is 13.1 Å². The summed E-state index contributed by atoms with van der Waals surface area (Å²) >= 11 is 1.40. The van der Waals surface area contributed by atoms with Crippen molar-refractivity contribution < 1.29 is 13.6 Å². The van der Waals surface area contributed by atoms with Gasteiger partial charge in [-0.05, 0) is 35.7 Å². The number of halogens is 1. The van der Waals surface area contributed by atoms with Gasteiger partial charge in [-0.2, -0.15) is 0 Å². The number of rotatable bonds is 7. The van der Waals surface area contributed by atoms with E-state index in [-0.39, 0.29) is 11.7 Å². The average molecular weight is 458 g/mol. The first kappa shape index (κ1) is 20.9. The van der Waals surface area contributed by atoms with Gasteiger partial charge in [0.25, 0.3) is 5.91 Å². The Hall–Kier alpha value is -3.97. The van der Waals surface area contributed by atoms with E-state index in [0.29, 0.717) is 35.0 Å². The number of para-hydroxylation sites is 1. The van der Waals surface area contributed by atoms with E-state index in [1.165, 1.54) is 17.4 Å². The highest BCUT2D eigenvalue weighted by atomic mass is 32.1. The third kappa shape index (κ3) is 4.49. The number of carbonyl (C=O) groups is 1. The van der Waals surface area contributed by atoms with Crippen LogP contribution in [0.4, 0.5) is 9.39 Å². The largest absolute Gasteiger partial charge is 0.467 e. The van der Waals surface area contributed by atoms with Crippen LogP contribution in [0.5, 0.6) is 0 Å². The van der Waals surface area contributed by atoms with Gasteiger partial charge in [0.05, 0.1) is 24.9 Å². The Morgan fingerprint density at radius 3 is 2.79 bits per heavy atom. The van der Waals surface area contributed by atoms with Crippen molar-refractivity contribution in [2.75, 3.05) is 0 Å². The van der Waals surface area contributed by atoms with E-state index < -0.39 is 0 Å². The van der Waals surface area contributed by atoms with E-state index in [1.54, 1.807) is 36.7 Å². The topological polar surface area (TPSA) is 59.5 Å². The summed E-state index contributed by atoms with van der Waals surface area (Å²) in [6, 6.07) is 20.1. The van der Waals surface area contributed by atoms with Crippen molar-refractivity contribution in [3.63, 3.8) is 0 Å². The highest BCUT2D eigenvalue weighted by Gasteiger charge is 2.13. The number of fused-ring (bicyclic) bond motifs is 1. The number of thiophene rings is 1. The molecule has 3 heterocycles. The van der Waals surface area contributed by atoms with E-state index in [0.717, 1.165) is 16.5 Å². The Labute approximate surface area is 193 Å². The first-order chi connectivity index (χ1) is 16.2. The molecule has 0 aliphatic rings. The molecule has 7 heteroatoms. The van der Waals surface area contributed by atoms with E-state index in [4.69, 9.17) is 4.42 Å². The number of benzene rings is 2. The molecule has 0 aliphatic heterocycles. The molecular formula is C26H20FN3O2S. The van der Waals surface area contributed by atoms with E-state index in [9.17, 15) is 9.18 Å². The molecule has 2 aromatic carbocycles. The van der Waals surface area contributed by atoms with Gasteiger partial charge in [0.15, 0.2) is 0 Å². The fraction of sp³-hybridized carbons (Fsp3) is 0.0769. The van der Waals surface area contributed by atoms with Crippen LogP contribution in [0.2, 0.25) is 0 Å². The van der Waals surface area contributed by atoms with Crippen LogP contribution >= 0.6 is 11.3 Å². The molecule has 33 heavy (non-hydrogen) atoms. The van der Waals surface area contributed by atoms with Crippen LogP contribution in [-0.4, -0.2) is 16.7 Å². The van der Waals surface area contributed by atoms with Crippen molar-refractivity contribution >= 4 is 39.4 Å². The molecule has 0 bridgehead atoms. The zero-order valence-corrected chi connectivity index (χ0v) is 18.4. The first-order valence-corrected chi connectivity index (χ1v) is 11.3. The van der Waals surface area contributed by atoms with Gasteiger partial charge in [-0.25, -0.2) is 9.38 Å². The van der Waals surface area contributed by atoms with Crippen LogP contribution in [-0.2, 0) is 13.1 Å². The molecule has 164 valence electrons. The Kier molecular flexibility index (Phi) is 5.87. The second-order valence-electron chi connectivity index (χ2n) is 7.48. The smallest absolute Gasteiger partial charge is 0.254 e. The summed E-state index contributed by atoms with van der Waals surface area (Å²) in [7, 11) is 0. The molecule has 0 saturated carbocycles. The number of carbonyl (C=O) groups excluding carboxylic acids is 1. The Bertz CT molecular complexity index is 1430. The molecule has 0 atom stereocenters. The van der Waals surface area contributed by atoms with Crippen LogP contribution in [0.3, 0.4) is 0 Å². The van der Waals surface area contributed by atoms with Gasteiger partial charge in [0, 0.05) is 34.4 Å². The number of hydrogen-bond donors (Lipinski definition) is 1. The molecule has 5 aromatic rings. The van der Waals surface area contributed by atoms with Crippen molar-refractivity contribution in [1.29, 1.82) is 0 Å². The number of nitrogens with one attached hydrogen (secondary N) is 1. The average Bonchev–Trinajstić information content (AvgIpc) is 3.58. The Morgan fingerprint density at radius 2 is 1.94 bits per heavy atom. The van der Waals surface area contributed by atoms with Gasteiger partial charge < -0.3 is 14.3 Å². The molecule has 1 amide bonds. The fourth-order valence-electron chi connectivity index (χ4n) is 3.70. The monoisotopic (exact) mass is 457 g/mol. The minimum absolute atomic E-state index is 0.207. The SMILES string of the molecule is O=C(NCc1ccco1)c1ccsc1/N=C/c1cn(Cc2ccccc2F)c2ccccc12. The molecule has 5 rings (SSSR count). The second-order valence-corrected chi connectivity index (χ2v) is 8.38. The predicted octanol–water partition coefficient (Wildman–Crippen LogP) is 6.16. The molecule has 0 fully saturated rings. The summed E-state index contributed by atoms with van der Waals surface area (Å²) in [6.45, 7) is 0.731. The van der Waals surface area contributed by atoms with Crippen LogP contribution in [0.1, 0.15) is 27.2 Å². The van der Waals surface area contributed by atoms with Crippen LogP contribution in [0.25, 0.3) is 10.9 Å². The highest BCUT2D eigenvalue weighted by Crippen LogP contribution is 2.28. The summed E-state index contributed by atoms with van der Waals surface area (Å²) in [6.07, 6.45) is 5.30. The molecule has 0 spiro atoms. The second kappa shape index (κ2) is 9.26. The maximum atomic E-state index is 14.2. The van der Waals surface area contributed by atoms with E-state index >= 15 is 0 Å². The van der Waals surface area contributed by atoms with Gasteiger partial charge in [0.2, 0.25) is 0 Å². The zero-order valence-electron chi connectivity index (χ0n) is 17.6. The number of amides is 1. The normalized spacial score (nSPS) is 11.4. The molecular weight excluding hydrogens is 437 g/mol. The fourth-order valence-corrected chi connectivity index (χ4v) is 4.43. The summed E-state index contributed by atoms with van der Waals surface area (Å²) in [4.78, 5) is 17.2. The number of aromatic nitrogens is 1. The minimum Gasteiger partial charge on any atom is -0.467 e. The molecule has 0 aliphatic carbocycles. The van der Waals surface area contributed by atoms with Crippen molar-refractivity contribution in [3.8, 4) is 0 Å². The lowest BCUT2D eigenvalue weighted by Crippen LogP contribution is -2.22. The molecule has 3 aromatic heterocycles. The summed E-state index contributed by atoms with van der Waals surface area (Å²) < 4.78 is 21.5. The summed E-state index contributed by atoms with van der Waals surface area (Å²) in [5, 5.41) is 6.33. The molecule has 0 radical (unpaired) electrons. The third-order valence-corrected chi connectivity index (χ3v) is 6.15. The minimum atomic E-state index is -0.228. The molecule has 5 nitrogen and oxygen atoms in total. The van der Waals surface area contributed by atoms with Gasteiger partial charge in [-0.3, -0.25) is 4.79 Å². The molecule has 0 unspecified atom stereocenters. The van der Waals surface area contributed by atoms with Gasteiger partial charge in [-0.15, -0.1) is 11.3 Å². The summed E-state index contributed by atoms with van der Waals surface area (Å²) in [5.74, 6) is 0.252. The van der Waals surface area contributed by atoms with Crippen molar-refractivity contribution in [1.82, 2.24) is 9.88 Å². The number of nitrogens with zero attached hydrogens (tertiary/aromatic N) is 2. The highest BCUT2D eigenvalue weighted by molar-refractivity contribution is 7.14. The number of aliphatic imine (C=N–C) groups is 1. The van der Waals surface area contributed by atoms with Crippen molar-refractivity contribution in [2.24, 2.45) is 4.99 Å². The quantitative estimate of drug-likeness (QED) is 0.297. The molecule has 1 N–H and O–H groups in total. The predicted molar refractivity (Wildman–Crippen MR) is 129 cm³/mol. The van der Waals surface area contributed by atoms with Gasteiger partial charge >= 0.3 is 0 Å². The Balaban J connectivity index is 1.40. The van der Waals surface area contributed by atoms with Crippen LogP contribution in [0.15, 0.2) is 94.0 Å². The van der Waals surface area contributed by atoms with Crippen molar-refractivity contribution in [3.05, 3.63) is 113 Å². The maximum Gasteiger partial charge on any atom is 0.254 e. The lowest BCUT2D eigenvalue weighted by Gasteiger charge is -2.06. The van der Waals surface area contributed by atoms with Crippen LogP contribution < -0.4 is 5.32 Å². The van der Waals surface area contributed by atoms with Gasteiger partial charge in [0.1, 0.15) is 16.6 Å². The number of furan rings is 1. The van der Waals surface area contributed by atoms with E-state index in [1.807, 2.05) is 52.5 Å². The molecule has 0 saturated heterocycles. The lowest BCUT2D eigenvalue weighted by atomic mass is 10.2. The van der Waals surface area contributed by atoms with Gasteiger partial charge in [-0.1, -0.05) is 36.4 Å². The standard InChI is InChI=1S/C26H20FN3O2S/c27-23-9-3-1-6-18(23)16-30-17-19(21-8-2-4-10-24(21)30)14-29-26-22(11-13-33-26)25(31)28-15-20-7-5-12-32-20/h1-14,17H,15-16H2,(H,28,31)/b29-14+. The zero-order chi connectivity index (χ0) is 22.6. The summed E-state index contributed by atoms with van der Waals surface area (Å²) in [5.41, 5.74) is 3.02. The third-order valence-electron chi connectivity index (χ3n) is 5.33. The van der Waals surface area contributed by atoms with Crippen LogP contribution in [0, 0.1) is 5.82 Å². The first-order valence-electron chi connectivity index (χ1n) is 10.4. The number of hydrogen-bond acceptors (Lipinski definition) is 4. The lowest BCUT2D eigenvalue weighted by molar-refractivity contribution is 0.0949. The van der Waals surface area contributed by atoms with E-state index in [2.05, 4.69) is 10.3 Å². The Morgan fingerprint density at radius 1 is 1.09 bits per heavy atom. The maximum absolute atomic E-state index is 14.2.